The third kappa shape index (κ3) is 3.10. The third-order valence-electron chi connectivity index (χ3n) is 1.91. The maximum absolute atomic E-state index is 11.3. The number of hydrogen-bond acceptors (Lipinski definition) is 4. The Morgan fingerprint density at radius 1 is 1.64 bits per heavy atom. The molecular weight excluding hydrogens is 180 g/mol. The van der Waals surface area contributed by atoms with Gasteiger partial charge in [0.15, 0.2) is 0 Å². The van der Waals surface area contributed by atoms with E-state index in [9.17, 15) is 4.79 Å². The van der Waals surface area contributed by atoms with Crippen molar-refractivity contribution in [2.75, 3.05) is 7.05 Å². The minimum atomic E-state index is -0.183. The second kappa shape index (κ2) is 5.29. The summed E-state index contributed by atoms with van der Waals surface area (Å²) in [4.78, 5) is 19.1. The third-order valence-corrected chi connectivity index (χ3v) is 1.91. The van der Waals surface area contributed by atoms with E-state index in [4.69, 9.17) is 0 Å². The van der Waals surface area contributed by atoms with Crippen molar-refractivity contribution < 1.29 is 4.79 Å². The van der Waals surface area contributed by atoms with Gasteiger partial charge in [-0.3, -0.25) is 4.79 Å². The number of carbonyl (C=O) groups is 1. The van der Waals surface area contributed by atoms with Gasteiger partial charge in [0, 0.05) is 6.20 Å². The first-order valence-corrected chi connectivity index (χ1v) is 4.44. The molecule has 0 aliphatic carbocycles. The highest BCUT2D eigenvalue weighted by molar-refractivity contribution is 5.81. The minimum absolute atomic E-state index is 0.0360. The Labute approximate surface area is 83.0 Å². The fourth-order valence-corrected chi connectivity index (χ4v) is 0.885. The van der Waals surface area contributed by atoms with Crippen LogP contribution in [0.25, 0.3) is 0 Å². The van der Waals surface area contributed by atoms with E-state index in [1.807, 2.05) is 0 Å². The largest absolute Gasteiger partial charge is 0.349 e. The van der Waals surface area contributed by atoms with E-state index >= 15 is 0 Å². The first-order valence-electron chi connectivity index (χ1n) is 4.44. The molecule has 1 rings (SSSR count). The fourth-order valence-electron chi connectivity index (χ4n) is 0.885. The van der Waals surface area contributed by atoms with Gasteiger partial charge in [-0.2, -0.15) is 0 Å². The predicted octanol–water partition coefficient (Wildman–Crippen LogP) is -0.299. The monoisotopic (exact) mass is 194 g/mol. The zero-order valence-electron chi connectivity index (χ0n) is 8.32. The molecule has 0 radical (unpaired) electrons. The highest BCUT2D eigenvalue weighted by atomic mass is 16.2. The van der Waals surface area contributed by atoms with Crippen LogP contribution in [0.3, 0.4) is 0 Å². The molecule has 1 heterocycles. The molecule has 0 aliphatic rings. The van der Waals surface area contributed by atoms with E-state index in [1.165, 1.54) is 6.33 Å². The van der Waals surface area contributed by atoms with Crippen LogP contribution in [-0.4, -0.2) is 29.0 Å². The summed E-state index contributed by atoms with van der Waals surface area (Å²) in [6, 6.07) is 1.58. The molecule has 0 bridgehead atoms. The Morgan fingerprint density at radius 2 is 2.43 bits per heavy atom. The van der Waals surface area contributed by atoms with Crippen LogP contribution in [0.2, 0.25) is 0 Å². The Bertz CT molecular complexity index is 288. The molecule has 1 aromatic heterocycles. The lowest BCUT2D eigenvalue weighted by molar-refractivity contribution is -0.122. The van der Waals surface area contributed by atoms with Crippen molar-refractivity contribution in [1.29, 1.82) is 0 Å². The van der Waals surface area contributed by atoms with Crippen LogP contribution in [-0.2, 0) is 11.3 Å². The van der Waals surface area contributed by atoms with Crippen LogP contribution in [0.15, 0.2) is 18.6 Å². The topological polar surface area (TPSA) is 66.9 Å². The minimum Gasteiger partial charge on any atom is -0.349 e. The van der Waals surface area contributed by atoms with Crippen molar-refractivity contribution in [1.82, 2.24) is 20.6 Å². The van der Waals surface area contributed by atoms with E-state index in [0.717, 1.165) is 5.69 Å². The molecule has 0 saturated heterocycles. The number of nitrogens with zero attached hydrogens (tertiary/aromatic N) is 2. The molecule has 14 heavy (non-hydrogen) atoms. The van der Waals surface area contributed by atoms with Crippen LogP contribution in [0.5, 0.6) is 0 Å². The molecule has 5 heteroatoms. The van der Waals surface area contributed by atoms with Crippen molar-refractivity contribution in [3.05, 3.63) is 24.3 Å². The molecule has 1 amide bonds. The van der Waals surface area contributed by atoms with Gasteiger partial charge in [-0.1, -0.05) is 0 Å². The van der Waals surface area contributed by atoms with Gasteiger partial charge < -0.3 is 10.6 Å². The number of amides is 1. The maximum Gasteiger partial charge on any atom is 0.237 e. The molecule has 0 fully saturated rings. The van der Waals surface area contributed by atoms with Crippen LogP contribution < -0.4 is 10.6 Å². The second-order valence-electron chi connectivity index (χ2n) is 2.93. The van der Waals surface area contributed by atoms with E-state index in [-0.39, 0.29) is 11.9 Å². The average Bonchev–Trinajstić information content (AvgIpc) is 2.26. The summed E-state index contributed by atoms with van der Waals surface area (Å²) < 4.78 is 0. The molecule has 0 aliphatic heterocycles. The molecule has 1 atom stereocenters. The maximum atomic E-state index is 11.3. The number of rotatable bonds is 4. The van der Waals surface area contributed by atoms with E-state index in [2.05, 4.69) is 20.6 Å². The van der Waals surface area contributed by atoms with E-state index in [1.54, 1.807) is 26.2 Å². The van der Waals surface area contributed by atoms with Gasteiger partial charge in [0.05, 0.1) is 18.3 Å². The number of aromatic nitrogens is 2. The molecular formula is C9H14N4O. The molecule has 0 saturated carbocycles. The predicted molar refractivity (Wildman–Crippen MR) is 52.4 cm³/mol. The number of likely N-dealkylation sites (N-methyl/N-ethyl adjacent to an activating group) is 1. The molecule has 1 aromatic rings. The summed E-state index contributed by atoms with van der Waals surface area (Å²) in [6.45, 7) is 2.24. The van der Waals surface area contributed by atoms with Gasteiger partial charge in [0.25, 0.3) is 0 Å². The Morgan fingerprint density at radius 3 is 3.00 bits per heavy atom. The summed E-state index contributed by atoms with van der Waals surface area (Å²) in [7, 11) is 1.74. The molecule has 2 N–H and O–H groups in total. The van der Waals surface area contributed by atoms with Crippen LogP contribution in [0, 0.1) is 0 Å². The van der Waals surface area contributed by atoms with Gasteiger partial charge in [-0.05, 0) is 20.0 Å². The lowest BCUT2D eigenvalue weighted by atomic mass is 10.3. The summed E-state index contributed by atoms with van der Waals surface area (Å²) in [5, 5.41) is 5.61. The number of nitrogens with one attached hydrogen (secondary N) is 2. The van der Waals surface area contributed by atoms with Crippen molar-refractivity contribution in [3.63, 3.8) is 0 Å². The number of carbonyl (C=O) groups excluding carboxylic acids is 1. The van der Waals surface area contributed by atoms with Crippen LogP contribution in [0.1, 0.15) is 12.6 Å². The Balaban J connectivity index is 2.38. The summed E-state index contributed by atoms with van der Waals surface area (Å²) in [5.74, 6) is -0.0360. The van der Waals surface area contributed by atoms with E-state index < -0.39 is 0 Å². The van der Waals surface area contributed by atoms with Crippen LogP contribution >= 0.6 is 0 Å². The van der Waals surface area contributed by atoms with Gasteiger partial charge in [-0.25, -0.2) is 9.97 Å². The van der Waals surface area contributed by atoms with Crippen molar-refractivity contribution in [2.45, 2.75) is 19.5 Å². The second-order valence-corrected chi connectivity index (χ2v) is 2.93. The first kappa shape index (κ1) is 10.6. The standard InChI is InChI=1S/C9H14N4O/c1-7(10-2)9(14)12-5-8-3-4-11-6-13-8/h3-4,6-7,10H,5H2,1-2H3,(H,12,14). The quantitative estimate of drug-likeness (QED) is 0.690. The van der Waals surface area contributed by atoms with Gasteiger partial charge in [0.1, 0.15) is 6.33 Å². The molecule has 1 unspecified atom stereocenters. The highest BCUT2D eigenvalue weighted by Crippen LogP contribution is 1.90. The normalized spacial score (nSPS) is 12.1. The smallest absolute Gasteiger partial charge is 0.237 e. The summed E-state index contributed by atoms with van der Waals surface area (Å²) in [6.07, 6.45) is 3.11. The van der Waals surface area contributed by atoms with Gasteiger partial charge in [-0.15, -0.1) is 0 Å². The highest BCUT2D eigenvalue weighted by Gasteiger charge is 2.08. The van der Waals surface area contributed by atoms with Crippen LogP contribution in [0.4, 0.5) is 0 Å². The van der Waals surface area contributed by atoms with Gasteiger partial charge in [0.2, 0.25) is 5.91 Å². The zero-order chi connectivity index (χ0) is 10.4. The Hall–Kier alpha value is -1.49. The van der Waals surface area contributed by atoms with Crippen molar-refractivity contribution in [3.8, 4) is 0 Å². The summed E-state index contributed by atoms with van der Waals surface area (Å²) >= 11 is 0. The Kier molecular flexibility index (Phi) is 4.00. The average molecular weight is 194 g/mol. The van der Waals surface area contributed by atoms with Crippen molar-refractivity contribution >= 4 is 5.91 Å². The molecule has 0 aromatic carbocycles. The first-order chi connectivity index (χ1) is 6.74. The molecule has 5 nitrogen and oxygen atoms in total. The molecule has 76 valence electrons. The fraction of sp³-hybridized carbons (Fsp3) is 0.444. The summed E-state index contributed by atoms with van der Waals surface area (Å²) in [5.41, 5.74) is 0.802. The van der Waals surface area contributed by atoms with Crippen molar-refractivity contribution in [2.24, 2.45) is 0 Å². The lowest BCUT2D eigenvalue weighted by Crippen LogP contribution is -2.40. The lowest BCUT2D eigenvalue weighted by Gasteiger charge is -2.10. The SMILES string of the molecule is CNC(C)C(=O)NCc1ccncn1. The number of hydrogen-bond donors (Lipinski definition) is 2. The van der Waals surface area contributed by atoms with Gasteiger partial charge >= 0.3 is 0 Å². The van der Waals surface area contributed by atoms with E-state index in [0.29, 0.717) is 6.54 Å². The zero-order valence-corrected chi connectivity index (χ0v) is 8.32. The molecule has 0 spiro atoms.